The van der Waals surface area contributed by atoms with Gasteiger partial charge >= 0.3 is 0 Å². The summed E-state index contributed by atoms with van der Waals surface area (Å²) in [6, 6.07) is 8.28. The second kappa shape index (κ2) is 7.63. The Morgan fingerprint density at radius 2 is 1.95 bits per heavy atom. The van der Waals surface area contributed by atoms with Gasteiger partial charge in [0.05, 0.1) is 6.20 Å². The minimum atomic E-state index is -0.887. The third-order valence-electron chi connectivity index (χ3n) is 2.90. The first-order chi connectivity index (χ1) is 10.7. The van der Waals surface area contributed by atoms with E-state index in [9.17, 15) is 14.4 Å². The Kier molecular flexibility index (Phi) is 5.31. The summed E-state index contributed by atoms with van der Waals surface area (Å²) >= 11 is 0. The number of nitrogens with zero attached hydrogens (tertiary/aromatic N) is 2. The molecule has 0 saturated heterocycles. The zero-order valence-corrected chi connectivity index (χ0v) is 11.6. The van der Waals surface area contributed by atoms with Crippen LogP contribution in [0.25, 0.3) is 0 Å². The smallest absolute Gasteiger partial charge is 0.272 e. The molecule has 1 unspecified atom stereocenters. The van der Waals surface area contributed by atoms with Crippen molar-refractivity contribution in [1.29, 1.82) is 0 Å². The minimum Gasteiger partial charge on any atom is -0.338 e. The highest BCUT2D eigenvalue weighted by Gasteiger charge is 2.22. The summed E-state index contributed by atoms with van der Waals surface area (Å²) in [6.07, 6.45) is 4.66. The topological polar surface area (TPSA) is 101 Å². The SMILES string of the molecule is O=CNC(=O)C(Cc1ccccc1)NC(=O)c1cnccn1. The molecule has 7 heteroatoms. The van der Waals surface area contributed by atoms with Crippen LogP contribution >= 0.6 is 0 Å². The van der Waals surface area contributed by atoms with Crippen molar-refractivity contribution in [3.8, 4) is 0 Å². The largest absolute Gasteiger partial charge is 0.338 e. The average molecular weight is 298 g/mol. The van der Waals surface area contributed by atoms with Gasteiger partial charge in [0.25, 0.3) is 5.91 Å². The van der Waals surface area contributed by atoms with Gasteiger partial charge in [0, 0.05) is 18.8 Å². The lowest BCUT2D eigenvalue weighted by molar-refractivity contribution is -0.126. The maximum atomic E-state index is 12.1. The van der Waals surface area contributed by atoms with E-state index < -0.39 is 17.9 Å². The van der Waals surface area contributed by atoms with Gasteiger partial charge in [-0.3, -0.25) is 24.7 Å². The molecule has 2 rings (SSSR count). The van der Waals surface area contributed by atoms with E-state index in [-0.39, 0.29) is 18.5 Å². The molecule has 0 spiro atoms. The standard InChI is InChI=1S/C15H14N4O3/c20-10-18-14(21)12(8-11-4-2-1-3-5-11)19-15(22)13-9-16-6-7-17-13/h1-7,9-10,12H,8H2,(H,19,22)(H,18,20,21). The summed E-state index contributed by atoms with van der Waals surface area (Å²) in [5, 5.41) is 4.61. The molecule has 0 aliphatic rings. The highest BCUT2D eigenvalue weighted by molar-refractivity contribution is 5.97. The van der Waals surface area contributed by atoms with E-state index in [4.69, 9.17) is 0 Å². The summed E-state index contributed by atoms with van der Waals surface area (Å²) < 4.78 is 0. The summed E-state index contributed by atoms with van der Waals surface area (Å²) in [5.74, 6) is -1.12. The van der Waals surface area contributed by atoms with Crippen molar-refractivity contribution >= 4 is 18.2 Å². The van der Waals surface area contributed by atoms with Crippen LogP contribution in [0.3, 0.4) is 0 Å². The van der Waals surface area contributed by atoms with Crippen molar-refractivity contribution in [3.05, 3.63) is 60.2 Å². The van der Waals surface area contributed by atoms with Gasteiger partial charge in [-0.15, -0.1) is 0 Å². The Hall–Kier alpha value is -3.09. The van der Waals surface area contributed by atoms with Gasteiger partial charge in [-0.05, 0) is 5.56 Å². The van der Waals surface area contributed by atoms with Crippen LogP contribution < -0.4 is 10.6 Å². The normalized spacial score (nSPS) is 11.3. The van der Waals surface area contributed by atoms with E-state index in [1.54, 1.807) is 0 Å². The third kappa shape index (κ3) is 4.20. The molecule has 0 bridgehead atoms. The van der Waals surface area contributed by atoms with Crippen molar-refractivity contribution < 1.29 is 14.4 Å². The molecule has 1 atom stereocenters. The number of benzene rings is 1. The van der Waals surface area contributed by atoms with Crippen molar-refractivity contribution in [2.45, 2.75) is 12.5 Å². The molecule has 1 aromatic carbocycles. The lowest BCUT2D eigenvalue weighted by atomic mass is 10.1. The van der Waals surface area contributed by atoms with Crippen LogP contribution in [-0.4, -0.2) is 34.2 Å². The molecule has 1 heterocycles. The number of rotatable bonds is 6. The number of aromatic nitrogens is 2. The molecular formula is C15H14N4O3. The van der Waals surface area contributed by atoms with Crippen LogP contribution in [0.15, 0.2) is 48.9 Å². The lowest BCUT2D eigenvalue weighted by Gasteiger charge is -2.16. The quantitative estimate of drug-likeness (QED) is 0.736. The molecule has 3 amide bonds. The summed E-state index contributed by atoms with van der Waals surface area (Å²) in [7, 11) is 0. The van der Waals surface area contributed by atoms with Crippen LogP contribution in [0.4, 0.5) is 0 Å². The van der Waals surface area contributed by atoms with E-state index in [1.807, 2.05) is 30.3 Å². The fourth-order valence-electron chi connectivity index (χ4n) is 1.87. The van der Waals surface area contributed by atoms with Crippen LogP contribution in [0, 0.1) is 0 Å². The third-order valence-corrected chi connectivity index (χ3v) is 2.90. The fraction of sp³-hybridized carbons (Fsp3) is 0.133. The van der Waals surface area contributed by atoms with E-state index in [2.05, 4.69) is 20.6 Å². The predicted octanol–water partition coefficient (Wildman–Crippen LogP) is 0.0903. The predicted molar refractivity (Wildman–Crippen MR) is 77.6 cm³/mol. The van der Waals surface area contributed by atoms with Gasteiger partial charge in [-0.1, -0.05) is 30.3 Å². The van der Waals surface area contributed by atoms with E-state index in [0.29, 0.717) is 0 Å². The average Bonchev–Trinajstić information content (AvgIpc) is 2.56. The number of hydrogen-bond acceptors (Lipinski definition) is 5. The second-order valence-electron chi connectivity index (χ2n) is 4.43. The fourth-order valence-corrected chi connectivity index (χ4v) is 1.87. The Balaban J connectivity index is 2.12. The van der Waals surface area contributed by atoms with Crippen molar-refractivity contribution in [1.82, 2.24) is 20.6 Å². The monoisotopic (exact) mass is 298 g/mol. The molecule has 0 aliphatic carbocycles. The molecule has 1 aromatic heterocycles. The lowest BCUT2D eigenvalue weighted by Crippen LogP contribution is -2.47. The molecular weight excluding hydrogens is 284 g/mol. The van der Waals surface area contributed by atoms with Crippen molar-refractivity contribution in [2.75, 3.05) is 0 Å². The molecule has 2 N–H and O–H groups in total. The highest BCUT2D eigenvalue weighted by atomic mass is 16.2. The first-order valence-corrected chi connectivity index (χ1v) is 6.55. The first-order valence-electron chi connectivity index (χ1n) is 6.55. The summed E-state index contributed by atoms with van der Waals surface area (Å²) in [6.45, 7) is 0. The number of nitrogens with one attached hydrogen (secondary N) is 2. The minimum absolute atomic E-state index is 0.0967. The van der Waals surface area contributed by atoms with Crippen LogP contribution in [0.2, 0.25) is 0 Å². The summed E-state index contributed by atoms with van der Waals surface area (Å²) in [4.78, 5) is 42.1. The Labute approximate surface area is 126 Å². The number of amides is 3. The van der Waals surface area contributed by atoms with E-state index in [1.165, 1.54) is 18.6 Å². The van der Waals surface area contributed by atoms with Crippen LogP contribution in [0.5, 0.6) is 0 Å². The van der Waals surface area contributed by atoms with Crippen LogP contribution in [0.1, 0.15) is 16.1 Å². The Bertz CT molecular complexity index is 646. The van der Waals surface area contributed by atoms with Gasteiger partial charge in [0.15, 0.2) is 0 Å². The molecule has 0 fully saturated rings. The maximum Gasteiger partial charge on any atom is 0.272 e. The maximum absolute atomic E-state index is 12.1. The molecule has 0 radical (unpaired) electrons. The van der Waals surface area contributed by atoms with Gasteiger partial charge in [0.2, 0.25) is 12.3 Å². The number of carbonyl (C=O) groups is 3. The van der Waals surface area contributed by atoms with E-state index in [0.717, 1.165) is 5.56 Å². The number of carbonyl (C=O) groups excluding carboxylic acids is 3. The highest BCUT2D eigenvalue weighted by Crippen LogP contribution is 2.04. The summed E-state index contributed by atoms with van der Waals surface area (Å²) in [5.41, 5.74) is 0.951. The molecule has 22 heavy (non-hydrogen) atoms. The Morgan fingerprint density at radius 1 is 1.18 bits per heavy atom. The van der Waals surface area contributed by atoms with E-state index >= 15 is 0 Å². The van der Waals surface area contributed by atoms with Gasteiger partial charge in [-0.25, -0.2) is 4.98 Å². The van der Waals surface area contributed by atoms with Crippen molar-refractivity contribution in [3.63, 3.8) is 0 Å². The molecule has 112 valence electrons. The first kappa shape index (κ1) is 15.3. The van der Waals surface area contributed by atoms with Crippen LogP contribution in [-0.2, 0) is 16.0 Å². The Morgan fingerprint density at radius 3 is 2.59 bits per heavy atom. The van der Waals surface area contributed by atoms with Crippen molar-refractivity contribution in [2.24, 2.45) is 0 Å². The zero-order chi connectivity index (χ0) is 15.8. The van der Waals surface area contributed by atoms with Gasteiger partial charge in [-0.2, -0.15) is 0 Å². The van der Waals surface area contributed by atoms with Gasteiger partial charge < -0.3 is 5.32 Å². The number of hydrogen-bond donors (Lipinski definition) is 2. The molecule has 7 nitrogen and oxygen atoms in total. The molecule has 2 aromatic rings. The molecule has 0 aliphatic heterocycles. The molecule has 0 saturated carbocycles. The zero-order valence-electron chi connectivity index (χ0n) is 11.6. The van der Waals surface area contributed by atoms with Gasteiger partial charge in [0.1, 0.15) is 11.7 Å². The number of imide groups is 1. The second-order valence-corrected chi connectivity index (χ2v) is 4.43.